The van der Waals surface area contributed by atoms with Gasteiger partial charge in [-0.15, -0.1) is 0 Å². The second kappa shape index (κ2) is 11.6. The predicted molar refractivity (Wildman–Crippen MR) is 163 cm³/mol. The number of rotatable bonds is 7. The molecule has 5 heterocycles. The fourth-order valence-electron chi connectivity index (χ4n) is 7.11. The Bertz CT molecular complexity index is 1400. The number of pyridine rings is 1. The van der Waals surface area contributed by atoms with Crippen LogP contribution in [0.5, 0.6) is 5.75 Å². The first-order chi connectivity index (χ1) is 20.1. The lowest BCUT2D eigenvalue weighted by Crippen LogP contribution is -2.46. The zero-order valence-corrected chi connectivity index (χ0v) is 24.1. The number of nitrogens with one attached hydrogen (secondary N) is 2. The molecule has 0 aliphatic carbocycles. The number of piperidine rings is 2. The van der Waals surface area contributed by atoms with Crippen molar-refractivity contribution in [3.63, 3.8) is 0 Å². The third kappa shape index (κ3) is 5.65. The largest absolute Gasteiger partial charge is 0.489 e. The number of hydrogen-bond donors (Lipinski definition) is 2. The molecule has 7 rings (SSSR count). The summed E-state index contributed by atoms with van der Waals surface area (Å²) in [5.74, 6) is 2.15. The van der Waals surface area contributed by atoms with Crippen molar-refractivity contribution in [1.82, 2.24) is 25.4 Å². The number of benzene rings is 2. The molecule has 41 heavy (non-hydrogen) atoms. The highest BCUT2D eigenvalue weighted by Crippen LogP contribution is 2.31. The molecule has 2 N–H and O–H groups in total. The molecule has 0 saturated carbocycles. The average molecular weight is 555 g/mol. The number of carbonyl (C=O) groups is 1. The summed E-state index contributed by atoms with van der Waals surface area (Å²) in [4.78, 5) is 24.9. The Morgan fingerprint density at radius 2 is 1.93 bits per heavy atom. The summed E-state index contributed by atoms with van der Waals surface area (Å²) in [7, 11) is 2.06. The fourth-order valence-corrected chi connectivity index (χ4v) is 7.11. The quantitative estimate of drug-likeness (QED) is 0.461. The summed E-state index contributed by atoms with van der Waals surface area (Å²) in [5.41, 5.74) is 4.32. The van der Waals surface area contributed by atoms with Crippen molar-refractivity contribution in [1.29, 1.82) is 0 Å². The van der Waals surface area contributed by atoms with Gasteiger partial charge in [-0.3, -0.25) is 9.69 Å². The molecule has 2 atom stereocenters. The maximum Gasteiger partial charge on any atom is 0.254 e. The van der Waals surface area contributed by atoms with E-state index in [4.69, 9.17) is 9.72 Å². The first kappa shape index (κ1) is 26.7. The van der Waals surface area contributed by atoms with Gasteiger partial charge in [0.1, 0.15) is 17.7 Å². The van der Waals surface area contributed by atoms with E-state index in [0.29, 0.717) is 18.6 Å². The monoisotopic (exact) mass is 554 g/mol. The lowest BCUT2D eigenvalue weighted by Gasteiger charge is -2.32. The molecule has 0 radical (unpaired) electrons. The molecule has 8 heteroatoms. The maximum absolute atomic E-state index is 13.0. The van der Waals surface area contributed by atoms with E-state index in [-0.39, 0.29) is 12.0 Å². The van der Waals surface area contributed by atoms with Gasteiger partial charge in [0.15, 0.2) is 0 Å². The summed E-state index contributed by atoms with van der Waals surface area (Å²) >= 11 is 0. The molecular formula is C33H42N6O2. The molecule has 3 saturated heterocycles. The standard InChI is InChI=1S/C33H42N6O2/c1-34-26-10-15-38(16-11-26)32-9-5-24-17-23(4-8-31(24)36-32)20-37-14-12-29(22-37)41-28-6-7-30-25(18-28)21-39(33(30)40)27-3-2-13-35-19-27/h4-9,17-18,26-27,29,34-35H,2-3,10-16,19-22H2,1H3/t27?,29-/m0/s1. The van der Waals surface area contributed by atoms with Gasteiger partial charge in [0, 0.05) is 68.8 Å². The number of carbonyl (C=O) groups excluding carboxylic acids is 1. The van der Waals surface area contributed by atoms with Gasteiger partial charge in [-0.1, -0.05) is 6.07 Å². The Labute approximate surface area is 243 Å². The highest BCUT2D eigenvalue weighted by Gasteiger charge is 2.34. The van der Waals surface area contributed by atoms with Crippen LogP contribution in [0.3, 0.4) is 0 Å². The van der Waals surface area contributed by atoms with Gasteiger partial charge in [-0.2, -0.15) is 0 Å². The smallest absolute Gasteiger partial charge is 0.254 e. The van der Waals surface area contributed by atoms with Crippen molar-refractivity contribution in [2.24, 2.45) is 0 Å². The molecule has 0 spiro atoms. The lowest BCUT2D eigenvalue weighted by atomic mass is 10.1. The third-order valence-corrected chi connectivity index (χ3v) is 9.52. The number of hydrogen-bond acceptors (Lipinski definition) is 7. The minimum atomic E-state index is 0.167. The van der Waals surface area contributed by atoms with Crippen molar-refractivity contribution in [3.8, 4) is 5.75 Å². The molecule has 216 valence electrons. The molecular weight excluding hydrogens is 512 g/mol. The van der Waals surface area contributed by atoms with Crippen LogP contribution in [0.2, 0.25) is 0 Å². The van der Waals surface area contributed by atoms with Gasteiger partial charge < -0.3 is 25.2 Å². The Morgan fingerprint density at radius 3 is 2.76 bits per heavy atom. The van der Waals surface area contributed by atoms with E-state index in [1.807, 2.05) is 17.0 Å². The van der Waals surface area contributed by atoms with Gasteiger partial charge in [0.25, 0.3) is 5.91 Å². The van der Waals surface area contributed by atoms with Crippen molar-refractivity contribution in [2.75, 3.05) is 51.2 Å². The van der Waals surface area contributed by atoms with Crippen LogP contribution in [-0.2, 0) is 13.1 Å². The third-order valence-electron chi connectivity index (χ3n) is 9.52. The molecule has 1 amide bonds. The van der Waals surface area contributed by atoms with Crippen molar-refractivity contribution < 1.29 is 9.53 Å². The number of ether oxygens (including phenoxy) is 1. The van der Waals surface area contributed by atoms with Crippen LogP contribution in [-0.4, -0.2) is 85.2 Å². The molecule has 1 aromatic heterocycles. The first-order valence-electron chi connectivity index (χ1n) is 15.5. The second-order valence-electron chi connectivity index (χ2n) is 12.3. The van der Waals surface area contributed by atoms with E-state index in [9.17, 15) is 4.79 Å². The number of fused-ring (bicyclic) bond motifs is 2. The molecule has 2 aromatic carbocycles. The van der Waals surface area contributed by atoms with E-state index < -0.39 is 0 Å². The number of amides is 1. The topological polar surface area (TPSA) is 73.0 Å². The maximum atomic E-state index is 13.0. The fraction of sp³-hybridized carbons (Fsp3) is 0.515. The van der Waals surface area contributed by atoms with Crippen LogP contribution >= 0.6 is 0 Å². The Hall–Kier alpha value is -3.20. The van der Waals surface area contributed by atoms with Crippen LogP contribution in [0.4, 0.5) is 5.82 Å². The summed E-state index contributed by atoms with van der Waals surface area (Å²) in [6, 6.07) is 18.1. The number of aromatic nitrogens is 1. The average Bonchev–Trinajstić information content (AvgIpc) is 3.60. The minimum absolute atomic E-state index is 0.167. The number of anilines is 1. The van der Waals surface area contributed by atoms with E-state index in [0.717, 1.165) is 93.3 Å². The number of likely N-dealkylation sites (tertiary alicyclic amines) is 1. The summed E-state index contributed by atoms with van der Waals surface area (Å²) in [5, 5.41) is 8.04. The predicted octanol–water partition coefficient (Wildman–Crippen LogP) is 3.78. The Balaban J connectivity index is 0.943. The van der Waals surface area contributed by atoms with Gasteiger partial charge in [-0.25, -0.2) is 4.98 Å². The van der Waals surface area contributed by atoms with E-state index in [1.54, 1.807) is 0 Å². The van der Waals surface area contributed by atoms with Crippen molar-refractivity contribution in [2.45, 2.75) is 63.4 Å². The summed E-state index contributed by atoms with van der Waals surface area (Å²) in [6.07, 6.45) is 5.72. The molecule has 3 fully saturated rings. The van der Waals surface area contributed by atoms with Gasteiger partial charge >= 0.3 is 0 Å². The van der Waals surface area contributed by atoms with Crippen LogP contribution in [0, 0.1) is 0 Å². The zero-order valence-electron chi connectivity index (χ0n) is 24.1. The minimum Gasteiger partial charge on any atom is -0.489 e. The highest BCUT2D eigenvalue weighted by atomic mass is 16.5. The highest BCUT2D eigenvalue weighted by molar-refractivity contribution is 5.98. The van der Waals surface area contributed by atoms with Crippen molar-refractivity contribution in [3.05, 3.63) is 65.2 Å². The molecule has 3 aromatic rings. The summed E-state index contributed by atoms with van der Waals surface area (Å²) in [6.45, 7) is 7.60. The van der Waals surface area contributed by atoms with Crippen molar-refractivity contribution >= 4 is 22.6 Å². The van der Waals surface area contributed by atoms with E-state index >= 15 is 0 Å². The molecule has 8 nitrogen and oxygen atoms in total. The van der Waals surface area contributed by atoms with Crippen LogP contribution < -0.4 is 20.3 Å². The lowest BCUT2D eigenvalue weighted by molar-refractivity contribution is 0.0674. The molecule has 4 aliphatic heterocycles. The van der Waals surface area contributed by atoms with E-state index in [2.05, 4.69) is 63.9 Å². The van der Waals surface area contributed by atoms with Gasteiger partial charge in [-0.05, 0) is 99.3 Å². The first-order valence-corrected chi connectivity index (χ1v) is 15.5. The zero-order chi connectivity index (χ0) is 27.8. The molecule has 0 bridgehead atoms. The van der Waals surface area contributed by atoms with Gasteiger partial charge in [0.2, 0.25) is 0 Å². The molecule has 1 unspecified atom stereocenters. The van der Waals surface area contributed by atoms with Crippen LogP contribution in [0.25, 0.3) is 10.9 Å². The molecule has 4 aliphatic rings. The normalized spacial score (nSPS) is 23.9. The second-order valence-corrected chi connectivity index (χ2v) is 12.3. The Kier molecular flexibility index (Phi) is 7.54. The van der Waals surface area contributed by atoms with E-state index in [1.165, 1.54) is 23.8 Å². The summed E-state index contributed by atoms with van der Waals surface area (Å²) < 4.78 is 6.44. The van der Waals surface area contributed by atoms with Crippen LogP contribution in [0.15, 0.2) is 48.5 Å². The van der Waals surface area contributed by atoms with Gasteiger partial charge in [0.05, 0.1) is 5.52 Å². The van der Waals surface area contributed by atoms with Crippen LogP contribution in [0.1, 0.15) is 53.6 Å². The SMILES string of the molecule is CNC1CCN(c2ccc3cc(CN4CC[C@H](Oc5ccc6c(c5)CN(C5CCCNC5)C6=O)C4)ccc3n2)CC1. The Morgan fingerprint density at radius 1 is 1.02 bits per heavy atom. The number of nitrogens with zero attached hydrogens (tertiary/aromatic N) is 4.